The lowest BCUT2D eigenvalue weighted by atomic mass is 10.0. The van der Waals surface area contributed by atoms with Gasteiger partial charge in [-0.25, -0.2) is 4.98 Å². The number of nitrogens with zero attached hydrogens (tertiary/aromatic N) is 1. The van der Waals surface area contributed by atoms with Crippen LogP contribution in [-0.2, 0) is 9.59 Å². The molecule has 3 rings (SSSR count). The SMILES string of the molecule is Cc1ccc(-c2cc(C(=O)NNC(=O)C(=O)NC(C)C)c3ccccc3n2)cc1. The lowest BCUT2D eigenvalue weighted by Crippen LogP contribution is -2.49. The summed E-state index contributed by atoms with van der Waals surface area (Å²) < 4.78 is 0. The van der Waals surface area contributed by atoms with Crippen molar-refractivity contribution in [1.29, 1.82) is 0 Å². The Morgan fingerprint density at radius 3 is 2.28 bits per heavy atom. The van der Waals surface area contributed by atoms with Crippen LogP contribution in [0, 0.1) is 6.92 Å². The van der Waals surface area contributed by atoms with Gasteiger partial charge < -0.3 is 5.32 Å². The molecule has 0 radical (unpaired) electrons. The molecule has 0 spiro atoms. The number of para-hydroxylation sites is 1. The van der Waals surface area contributed by atoms with Crippen LogP contribution in [0.3, 0.4) is 0 Å². The topological polar surface area (TPSA) is 100 Å². The van der Waals surface area contributed by atoms with Crippen LogP contribution < -0.4 is 16.2 Å². The molecule has 3 aromatic rings. The Balaban J connectivity index is 1.89. The summed E-state index contributed by atoms with van der Waals surface area (Å²) in [6.45, 7) is 5.47. The second-order valence-electron chi connectivity index (χ2n) is 6.97. The second-order valence-corrected chi connectivity index (χ2v) is 6.97. The Labute approximate surface area is 168 Å². The fourth-order valence-corrected chi connectivity index (χ4v) is 2.80. The summed E-state index contributed by atoms with van der Waals surface area (Å²) in [6.07, 6.45) is 0. The molecule has 0 aliphatic heterocycles. The number of hydrogen-bond donors (Lipinski definition) is 3. The molecule has 7 heteroatoms. The summed E-state index contributed by atoms with van der Waals surface area (Å²) in [6, 6.07) is 16.5. The highest BCUT2D eigenvalue weighted by Crippen LogP contribution is 2.25. The highest BCUT2D eigenvalue weighted by Gasteiger charge is 2.18. The van der Waals surface area contributed by atoms with Gasteiger partial charge in [-0.05, 0) is 32.9 Å². The third-order valence-corrected chi connectivity index (χ3v) is 4.22. The number of nitrogens with one attached hydrogen (secondary N) is 3. The van der Waals surface area contributed by atoms with Crippen molar-refractivity contribution in [3.63, 3.8) is 0 Å². The van der Waals surface area contributed by atoms with Gasteiger partial charge in [0.15, 0.2) is 0 Å². The Morgan fingerprint density at radius 1 is 0.897 bits per heavy atom. The van der Waals surface area contributed by atoms with Crippen molar-refractivity contribution in [3.05, 3.63) is 65.7 Å². The lowest BCUT2D eigenvalue weighted by molar-refractivity contribution is -0.139. The number of hydrazine groups is 1. The number of aryl methyl sites for hydroxylation is 1. The number of benzene rings is 2. The van der Waals surface area contributed by atoms with Crippen molar-refractivity contribution in [2.75, 3.05) is 0 Å². The highest BCUT2D eigenvalue weighted by atomic mass is 16.2. The zero-order valence-corrected chi connectivity index (χ0v) is 16.4. The first-order valence-corrected chi connectivity index (χ1v) is 9.23. The molecule has 2 aromatic carbocycles. The Kier molecular flexibility index (Phi) is 5.87. The first kappa shape index (κ1) is 20.0. The molecule has 0 aliphatic rings. The summed E-state index contributed by atoms with van der Waals surface area (Å²) in [5.41, 5.74) is 8.08. The number of carbonyl (C=O) groups excluding carboxylic acids is 3. The number of carbonyl (C=O) groups is 3. The van der Waals surface area contributed by atoms with E-state index in [-0.39, 0.29) is 6.04 Å². The minimum atomic E-state index is -0.941. The normalized spacial score (nSPS) is 10.6. The smallest absolute Gasteiger partial charge is 0.327 e. The average Bonchev–Trinajstić information content (AvgIpc) is 2.71. The Morgan fingerprint density at radius 2 is 1.59 bits per heavy atom. The number of amides is 3. The molecule has 0 saturated carbocycles. The summed E-state index contributed by atoms with van der Waals surface area (Å²) in [5.74, 6) is -2.30. The van der Waals surface area contributed by atoms with Crippen LogP contribution in [0.5, 0.6) is 0 Å². The van der Waals surface area contributed by atoms with Crippen LogP contribution in [0.15, 0.2) is 54.6 Å². The molecule has 3 amide bonds. The van der Waals surface area contributed by atoms with Crippen molar-refractivity contribution < 1.29 is 14.4 Å². The van der Waals surface area contributed by atoms with Gasteiger partial charge in [-0.2, -0.15) is 0 Å². The zero-order chi connectivity index (χ0) is 21.0. The zero-order valence-electron chi connectivity index (χ0n) is 16.4. The molecular weight excluding hydrogens is 368 g/mol. The van der Waals surface area contributed by atoms with Gasteiger partial charge in [0.2, 0.25) is 0 Å². The molecule has 3 N–H and O–H groups in total. The van der Waals surface area contributed by atoms with Crippen LogP contribution in [0.4, 0.5) is 0 Å². The Bertz CT molecular complexity index is 1080. The van der Waals surface area contributed by atoms with E-state index in [4.69, 9.17) is 0 Å². The molecule has 7 nitrogen and oxygen atoms in total. The molecule has 0 unspecified atom stereocenters. The van der Waals surface area contributed by atoms with Gasteiger partial charge >= 0.3 is 11.8 Å². The van der Waals surface area contributed by atoms with Gasteiger partial charge in [0.1, 0.15) is 0 Å². The summed E-state index contributed by atoms with van der Waals surface area (Å²) in [5, 5.41) is 3.10. The number of aromatic nitrogens is 1. The van der Waals surface area contributed by atoms with Gasteiger partial charge in [-0.3, -0.25) is 25.2 Å². The van der Waals surface area contributed by atoms with E-state index in [1.165, 1.54) is 0 Å². The van der Waals surface area contributed by atoms with E-state index in [2.05, 4.69) is 21.2 Å². The predicted molar refractivity (Wildman–Crippen MR) is 111 cm³/mol. The minimum absolute atomic E-state index is 0.190. The van der Waals surface area contributed by atoms with E-state index in [1.54, 1.807) is 32.0 Å². The van der Waals surface area contributed by atoms with E-state index in [0.29, 0.717) is 22.2 Å². The van der Waals surface area contributed by atoms with Crippen molar-refractivity contribution >= 4 is 28.6 Å². The second kappa shape index (κ2) is 8.52. The number of fused-ring (bicyclic) bond motifs is 1. The lowest BCUT2D eigenvalue weighted by Gasteiger charge is -2.12. The predicted octanol–water partition coefficient (Wildman–Crippen LogP) is 2.50. The van der Waals surface area contributed by atoms with Gasteiger partial charge in [0, 0.05) is 17.0 Å². The molecule has 0 aliphatic carbocycles. The van der Waals surface area contributed by atoms with Crippen molar-refractivity contribution in [1.82, 2.24) is 21.2 Å². The molecule has 0 fully saturated rings. The number of hydrogen-bond acceptors (Lipinski definition) is 4. The fraction of sp³-hybridized carbons (Fsp3) is 0.182. The molecule has 29 heavy (non-hydrogen) atoms. The molecule has 1 heterocycles. The van der Waals surface area contributed by atoms with Crippen molar-refractivity contribution in [2.24, 2.45) is 0 Å². The quantitative estimate of drug-likeness (QED) is 0.472. The summed E-state index contributed by atoms with van der Waals surface area (Å²) >= 11 is 0. The van der Waals surface area contributed by atoms with Gasteiger partial charge in [0.25, 0.3) is 5.91 Å². The monoisotopic (exact) mass is 390 g/mol. The molecule has 0 atom stereocenters. The van der Waals surface area contributed by atoms with Crippen molar-refractivity contribution in [2.45, 2.75) is 26.8 Å². The third kappa shape index (κ3) is 4.76. The van der Waals surface area contributed by atoms with Crippen LogP contribution in [-0.4, -0.2) is 28.7 Å². The number of pyridine rings is 1. The molecule has 1 aromatic heterocycles. The average molecular weight is 390 g/mol. The van der Waals surface area contributed by atoms with Crippen LogP contribution in [0.25, 0.3) is 22.2 Å². The summed E-state index contributed by atoms with van der Waals surface area (Å²) in [7, 11) is 0. The third-order valence-electron chi connectivity index (χ3n) is 4.22. The van der Waals surface area contributed by atoms with Crippen LogP contribution in [0.1, 0.15) is 29.8 Å². The summed E-state index contributed by atoms with van der Waals surface area (Å²) in [4.78, 5) is 40.9. The maximum absolute atomic E-state index is 12.8. The van der Waals surface area contributed by atoms with Gasteiger partial charge in [-0.15, -0.1) is 0 Å². The first-order valence-electron chi connectivity index (χ1n) is 9.23. The van der Waals surface area contributed by atoms with Crippen LogP contribution in [0.2, 0.25) is 0 Å². The largest absolute Gasteiger partial charge is 0.346 e. The van der Waals surface area contributed by atoms with E-state index < -0.39 is 17.7 Å². The standard InChI is InChI=1S/C22H22N4O3/c1-13(2)23-21(28)22(29)26-25-20(27)17-12-19(15-10-8-14(3)9-11-15)24-18-7-5-4-6-16(17)18/h4-13H,1-3H3,(H,23,28)(H,25,27)(H,26,29). The first-order chi connectivity index (χ1) is 13.8. The Hall–Kier alpha value is -3.74. The fourth-order valence-electron chi connectivity index (χ4n) is 2.80. The molecule has 0 saturated heterocycles. The number of rotatable bonds is 3. The van der Waals surface area contributed by atoms with E-state index >= 15 is 0 Å². The van der Waals surface area contributed by atoms with Crippen LogP contribution >= 0.6 is 0 Å². The minimum Gasteiger partial charge on any atom is -0.346 e. The van der Waals surface area contributed by atoms with Crippen molar-refractivity contribution in [3.8, 4) is 11.3 Å². The van der Waals surface area contributed by atoms with E-state index in [9.17, 15) is 14.4 Å². The van der Waals surface area contributed by atoms with E-state index in [0.717, 1.165) is 11.1 Å². The van der Waals surface area contributed by atoms with Gasteiger partial charge in [-0.1, -0.05) is 48.0 Å². The maximum atomic E-state index is 12.8. The molecule has 148 valence electrons. The van der Waals surface area contributed by atoms with Gasteiger partial charge in [0.05, 0.1) is 16.8 Å². The maximum Gasteiger partial charge on any atom is 0.327 e. The highest BCUT2D eigenvalue weighted by molar-refractivity contribution is 6.35. The van der Waals surface area contributed by atoms with E-state index in [1.807, 2.05) is 43.3 Å². The molecule has 0 bridgehead atoms. The molecular formula is C22H22N4O3.